The normalized spacial score (nSPS) is 8.86. The maximum Gasteiger partial charge on any atom is 0.221 e. The predicted molar refractivity (Wildman–Crippen MR) is 110 cm³/mol. The van der Waals surface area contributed by atoms with Crippen LogP contribution in [0.5, 0.6) is 0 Å². The van der Waals surface area contributed by atoms with Gasteiger partial charge in [-0.2, -0.15) is 5.26 Å². The third-order valence-corrected chi connectivity index (χ3v) is 3.77. The van der Waals surface area contributed by atoms with Gasteiger partial charge in [-0.25, -0.2) is 9.82 Å². The Bertz CT molecular complexity index is 777. The SMILES string of the molecule is CCCNc1ccc(C#N)c(Cl)c1C.CNNC=O.O=Cc1ccc(F)cc1. The van der Waals surface area contributed by atoms with E-state index in [1.807, 2.05) is 13.0 Å². The summed E-state index contributed by atoms with van der Waals surface area (Å²) in [5.41, 5.74) is 7.56. The van der Waals surface area contributed by atoms with Gasteiger partial charge in [0.05, 0.1) is 10.6 Å². The monoisotopic (exact) mass is 406 g/mol. The number of hydrazine groups is 1. The average Bonchev–Trinajstić information content (AvgIpc) is 2.71. The van der Waals surface area contributed by atoms with E-state index in [0.717, 1.165) is 24.2 Å². The fourth-order valence-electron chi connectivity index (χ4n) is 1.82. The summed E-state index contributed by atoms with van der Waals surface area (Å²) in [6.45, 7) is 4.94. The summed E-state index contributed by atoms with van der Waals surface area (Å²) in [5, 5.41) is 12.6. The molecule has 2 rings (SSSR count). The number of benzene rings is 2. The van der Waals surface area contributed by atoms with Gasteiger partial charge in [0, 0.05) is 24.8 Å². The maximum absolute atomic E-state index is 12.1. The van der Waals surface area contributed by atoms with Gasteiger partial charge in [0.25, 0.3) is 0 Å². The molecule has 8 heteroatoms. The molecule has 6 nitrogen and oxygen atoms in total. The molecule has 0 aliphatic heterocycles. The first-order valence-corrected chi connectivity index (χ1v) is 8.82. The number of carbonyl (C=O) groups excluding carboxylic acids is 2. The van der Waals surface area contributed by atoms with Crippen molar-refractivity contribution >= 4 is 30.0 Å². The van der Waals surface area contributed by atoms with Crippen LogP contribution in [0.25, 0.3) is 0 Å². The van der Waals surface area contributed by atoms with Crippen LogP contribution < -0.4 is 16.2 Å². The van der Waals surface area contributed by atoms with E-state index in [0.29, 0.717) is 28.8 Å². The number of halogens is 2. The quantitative estimate of drug-likeness (QED) is 0.500. The largest absolute Gasteiger partial charge is 0.385 e. The number of hydrogen-bond donors (Lipinski definition) is 3. The predicted octanol–water partition coefficient (Wildman–Crippen LogP) is 3.85. The number of nitrogens with one attached hydrogen (secondary N) is 3. The van der Waals surface area contributed by atoms with E-state index < -0.39 is 0 Å². The molecule has 2 aromatic carbocycles. The molecule has 0 fully saturated rings. The lowest BCUT2D eigenvalue weighted by Crippen LogP contribution is -2.24. The second-order valence-electron chi connectivity index (χ2n) is 5.32. The molecular weight excluding hydrogens is 383 g/mol. The van der Waals surface area contributed by atoms with E-state index in [2.05, 4.69) is 29.2 Å². The lowest BCUT2D eigenvalue weighted by Gasteiger charge is -2.10. The maximum atomic E-state index is 12.1. The zero-order valence-electron chi connectivity index (χ0n) is 16.1. The van der Waals surface area contributed by atoms with Crippen molar-refractivity contribution in [2.45, 2.75) is 20.3 Å². The average molecular weight is 407 g/mol. The second kappa shape index (κ2) is 15.1. The van der Waals surface area contributed by atoms with Gasteiger partial charge in [-0.1, -0.05) is 18.5 Å². The van der Waals surface area contributed by atoms with Crippen molar-refractivity contribution in [1.29, 1.82) is 5.26 Å². The van der Waals surface area contributed by atoms with Gasteiger partial charge in [0.2, 0.25) is 6.41 Å². The number of carbonyl (C=O) groups is 2. The Morgan fingerprint density at radius 2 is 1.82 bits per heavy atom. The molecule has 2 aromatic rings. The third-order valence-electron chi connectivity index (χ3n) is 3.28. The van der Waals surface area contributed by atoms with Crippen molar-refractivity contribution in [2.75, 3.05) is 18.9 Å². The highest BCUT2D eigenvalue weighted by molar-refractivity contribution is 6.32. The van der Waals surface area contributed by atoms with E-state index in [9.17, 15) is 14.0 Å². The Hall–Kier alpha value is -2.95. The van der Waals surface area contributed by atoms with Gasteiger partial charge < -0.3 is 5.32 Å². The lowest BCUT2D eigenvalue weighted by atomic mass is 10.1. The minimum atomic E-state index is -0.319. The molecule has 0 spiro atoms. The van der Waals surface area contributed by atoms with Gasteiger partial charge in [-0.3, -0.25) is 15.0 Å². The van der Waals surface area contributed by atoms with E-state index in [1.165, 1.54) is 24.3 Å². The molecule has 150 valence electrons. The Kier molecular flexibility index (Phi) is 13.5. The summed E-state index contributed by atoms with van der Waals surface area (Å²) in [6.07, 6.45) is 2.32. The Morgan fingerprint density at radius 1 is 1.18 bits per heavy atom. The smallest absolute Gasteiger partial charge is 0.221 e. The number of nitrogens with zero attached hydrogens (tertiary/aromatic N) is 1. The minimum Gasteiger partial charge on any atom is -0.385 e. The first kappa shape index (κ1) is 25.1. The Balaban J connectivity index is 0.000000445. The fraction of sp³-hybridized carbons (Fsp3) is 0.250. The molecule has 0 aliphatic rings. The van der Waals surface area contributed by atoms with Crippen LogP contribution in [0.4, 0.5) is 10.1 Å². The number of rotatable bonds is 6. The molecule has 0 aliphatic carbocycles. The van der Waals surface area contributed by atoms with Crippen molar-refractivity contribution in [3.05, 3.63) is 63.9 Å². The molecule has 0 atom stereocenters. The fourth-order valence-corrected chi connectivity index (χ4v) is 2.03. The highest BCUT2D eigenvalue weighted by atomic mass is 35.5. The summed E-state index contributed by atoms with van der Waals surface area (Å²) in [5.74, 6) is -0.319. The second-order valence-corrected chi connectivity index (χ2v) is 5.70. The molecule has 0 saturated heterocycles. The topological polar surface area (TPSA) is 94.0 Å². The Labute approximate surface area is 169 Å². The van der Waals surface area contributed by atoms with Crippen molar-refractivity contribution in [2.24, 2.45) is 0 Å². The van der Waals surface area contributed by atoms with Crippen molar-refractivity contribution < 1.29 is 14.0 Å². The summed E-state index contributed by atoms with van der Waals surface area (Å²) in [4.78, 5) is 19.2. The molecular formula is C20H24ClFN4O2. The molecule has 3 N–H and O–H groups in total. The van der Waals surface area contributed by atoms with Crippen LogP contribution in [0.3, 0.4) is 0 Å². The van der Waals surface area contributed by atoms with Crippen molar-refractivity contribution in [3.8, 4) is 6.07 Å². The summed E-state index contributed by atoms with van der Waals surface area (Å²) in [6, 6.07) is 11.1. The highest BCUT2D eigenvalue weighted by Gasteiger charge is 2.06. The van der Waals surface area contributed by atoms with Gasteiger partial charge in [0.1, 0.15) is 18.2 Å². The van der Waals surface area contributed by atoms with E-state index in [4.69, 9.17) is 16.9 Å². The van der Waals surface area contributed by atoms with Crippen LogP contribution in [0.2, 0.25) is 5.02 Å². The first-order chi connectivity index (χ1) is 13.4. The molecule has 0 heterocycles. The van der Waals surface area contributed by atoms with Crippen LogP contribution in [0, 0.1) is 24.1 Å². The van der Waals surface area contributed by atoms with Crippen LogP contribution in [-0.4, -0.2) is 26.3 Å². The van der Waals surface area contributed by atoms with Crippen LogP contribution >= 0.6 is 11.6 Å². The highest BCUT2D eigenvalue weighted by Crippen LogP contribution is 2.26. The number of amides is 1. The molecule has 1 amide bonds. The molecule has 0 radical (unpaired) electrons. The molecule has 0 unspecified atom stereocenters. The third kappa shape index (κ3) is 9.67. The number of hydrogen-bond acceptors (Lipinski definition) is 5. The number of nitriles is 1. The van der Waals surface area contributed by atoms with E-state index in [1.54, 1.807) is 13.1 Å². The van der Waals surface area contributed by atoms with Crippen LogP contribution in [0.1, 0.15) is 34.8 Å². The molecule has 0 bridgehead atoms. The number of anilines is 1. The van der Waals surface area contributed by atoms with Crippen LogP contribution in [-0.2, 0) is 4.79 Å². The van der Waals surface area contributed by atoms with E-state index in [-0.39, 0.29) is 5.82 Å². The van der Waals surface area contributed by atoms with Crippen LogP contribution in [0.15, 0.2) is 36.4 Å². The summed E-state index contributed by atoms with van der Waals surface area (Å²) >= 11 is 6.01. The minimum absolute atomic E-state index is 0.319. The van der Waals surface area contributed by atoms with Gasteiger partial charge in [-0.05, 0) is 55.3 Å². The summed E-state index contributed by atoms with van der Waals surface area (Å²) in [7, 11) is 1.62. The molecule has 0 aromatic heterocycles. The van der Waals surface area contributed by atoms with Gasteiger partial charge in [-0.15, -0.1) is 0 Å². The lowest BCUT2D eigenvalue weighted by molar-refractivity contribution is -0.110. The van der Waals surface area contributed by atoms with Gasteiger partial charge >= 0.3 is 0 Å². The zero-order valence-corrected chi connectivity index (χ0v) is 16.8. The van der Waals surface area contributed by atoms with Crippen molar-refractivity contribution in [3.63, 3.8) is 0 Å². The zero-order chi connectivity index (χ0) is 21.4. The first-order valence-electron chi connectivity index (χ1n) is 8.44. The van der Waals surface area contributed by atoms with Crippen molar-refractivity contribution in [1.82, 2.24) is 10.9 Å². The van der Waals surface area contributed by atoms with Gasteiger partial charge in [0.15, 0.2) is 0 Å². The summed E-state index contributed by atoms with van der Waals surface area (Å²) < 4.78 is 12.1. The Morgan fingerprint density at radius 3 is 2.25 bits per heavy atom. The standard InChI is InChI=1S/C11H13ClN2.C7H5FO.C2H6N2O/c1-3-6-14-10-5-4-9(7-13)11(12)8(10)2;8-7-3-1-6(5-9)2-4-7;1-3-4-2-5/h4-5,14H,3,6H2,1-2H3;1-5H;2-3H,1H3,(H,4,5). The molecule has 0 saturated carbocycles. The molecule has 28 heavy (non-hydrogen) atoms. The van der Waals surface area contributed by atoms with E-state index >= 15 is 0 Å². The number of aldehydes is 1.